The number of thioether (sulfide) groups is 1. The zero-order valence-corrected chi connectivity index (χ0v) is 14.9. The summed E-state index contributed by atoms with van der Waals surface area (Å²) in [6.07, 6.45) is 0. The van der Waals surface area contributed by atoms with Crippen LogP contribution in [0.3, 0.4) is 0 Å². The molecular formula is C18H23N3OS. The van der Waals surface area contributed by atoms with Crippen LogP contribution in [0.5, 0.6) is 0 Å². The summed E-state index contributed by atoms with van der Waals surface area (Å²) < 4.78 is 1.99. The first-order valence-corrected chi connectivity index (χ1v) is 9.06. The molecule has 1 unspecified atom stereocenters. The molecule has 1 atom stereocenters. The molecule has 1 amide bonds. The fraction of sp³-hybridized carbons (Fsp3) is 0.444. The minimum atomic E-state index is 0.0855. The monoisotopic (exact) mass is 329 g/mol. The van der Waals surface area contributed by atoms with Crippen molar-refractivity contribution in [1.29, 1.82) is 0 Å². The Bertz CT molecular complexity index is 709. The lowest BCUT2D eigenvalue weighted by atomic mass is 10.1. The second kappa shape index (κ2) is 6.40. The Hall–Kier alpha value is -1.75. The van der Waals surface area contributed by atoms with E-state index in [1.54, 1.807) is 11.8 Å². The lowest BCUT2D eigenvalue weighted by molar-refractivity contribution is -0.128. The molecule has 2 aromatic rings. The number of carbonyl (C=O) groups excluding carboxylic acids is 1. The van der Waals surface area contributed by atoms with Gasteiger partial charge in [-0.1, -0.05) is 32.0 Å². The van der Waals surface area contributed by atoms with Gasteiger partial charge in [0, 0.05) is 17.8 Å². The summed E-state index contributed by atoms with van der Waals surface area (Å²) in [4.78, 5) is 14.3. The van der Waals surface area contributed by atoms with Crippen LogP contribution < -0.4 is 0 Å². The first kappa shape index (κ1) is 16.1. The molecule has 3 rings (SSSR count). The van der Waals surface area contributed by atoms with Gasteiger partial charge in [0.2, 0.25) is 5.91 Å². The molecule has 1 aliphatic rings. The van der Waals surface area contributed by atoms with Crippen molar-refractivity contribution in [3.8, 4) is 5.69 Å². The predicted molar refractivity (Wildman–Crippen MR) is 94.8 cm³/mol. The molecule has 0 bridgehead atoms. The summed E-state index contributed by atoms with van der Waals surface area (Å²) in [6, 6.07) is 10.2. The second-order valence-electron chi connectivity index (χ2n) is 6.44. The van der Waals surface area contributed by atoms with Crippen molar-refractivity contribution in [2.24, 2.45) is 5.92 Å². The summed E-state index contributed by atoms with van der Waals surface area (Å²) in [5, 5.41) is 4.81. The van der Waals surface area contributed by atoms with Crippen LogP contribution >= 0.6 is 11.8 Å². The maximum atomic E-state index is 12.3. The SMILES string of the molecule is Cc1nn(-c2ccccc2)c(C)c1C1SCC(=O)N1CC(C)C. The van der Waals surface area contributed by atoms with Gasteiger partial charge in [-0.15, -0.1) is 11.8 Å². The molecule has 5 heteroatoms. The highest BCUT2D eigenvalue weighted by molar-refractivity contribution is 8.00. The summed E-state index contributed by atoms with van der Waals surface area (Å²) >= 11 is 1.71. The number of hydrogen-bond acceptors (Lipinski definition) is 3. The fourth-order valence-corrected chi connectivity index (χ4v) is 4.47. The first-order chi connectivity index (χ1) is 11.0. The minimum absolute atomic E-state index is 0.0855. The van der Waals surface area contributed by atoms with Gasteiger partial charge >= 0.3 is 0 Å². The molecule has 1 fully saturated rings. The molecule has 1 aliphatic heterocycles. The molecule has 0 saturated carbocycles. The zero-order valence-electron chi connectivity index (χ0n) is 14.1. The Balaban J connectivity index is 2.00. The lowest BCUT2D eigenvalue weighted by Gasteiger charge is -2.26. The molecule has 4 nitrogen and oxygen atoms in total. The van der Waals surface area contributed by atoms with E-state index in [1.165, 1.54) is 5.56 Å². The van der Waals surface area contributed by atoms with Crippen LogP contribution in [-0.4, -0.2) is 32.9 Å². The van der Waals surface area contributed by atoms with Crippen LogP contribution in [0.1, 0.15) is 36.2 Å². The quantitative estimate of drug-likeness (QED) is 0.858. The largest absolute Gasteiger partial charge is 0.325 e. The Morgan fingerprint density at radius 2 is 1.96 bits per heavy atom. The van der Waals surface area contributed by atoms with E-state index in [9.17, 15) is 4.79 Å². The van der Waals surface area contributed by atoms with Crippen molar-refractivity contribution >= 4 is 17.7 Å². The number of carbonyl (C=O) groups is 1. The van der Waals surface area contributed by atoms with Crippen molar-refractivity contribution in [2.75, 3.05) is 12.3 Å². The van der Waals surface area contributed by atoms with Crippen LogP contribution in [0, 0.1) is 19.8 Å². The van der Waals surface area contributed by atoms with Gasteiger partial charge in [-0.05, 0) is 31.9 Å². The zero-order chi connectivity index (χ0) is 16.6. The Kier molecular flexibility index (Phi) is 4.48. The van der Waals surface area contributed by atoms with Crippen molar-refractivity contribution in [1.82, 2.24) is 14.7 Å². The number of rotatable bonds is 4. The Labute approximate surface area is 141 Å². The van der Waals surface area contributed by atoms with Gasteiger partial charge in [0.1, 0.15) is 5.37 Å². The Morgan fingerprint density at radius 1 is 1.26 bits per heavy atom. The molecule has 2 heterocycles. The number of aryl methyl sites for hydroxylation is 1. The van der Waals surface area contributed by atoms with Crippen molar-refractivity contribution in [2.45, 2.75) is 33.1 Å². The van der Waals surface area contributed by atoms with E-state index in [1.807, 2.05) is 34.7 Å². The summed E-state index contributed by atoms with van der Waals surface area (Å²) in [5.74, 6) is 1.26. The summed E-state index contributed by atoms with van der Waals surface area (Å²) in [5.41, 5.74) is 4.37. The highest BCUT2D eigenvalue weighted by atomic mass is 32.2. The molecule has 23 heavy (non-hydrogen) atoms. The second-order valence-corrected chi connectivity index (χ2v) is 7.50. The van der Waals surface area contributed by atoms with E-state index in [0.29, 0.717) is 11.7 Å². The maximum absolute atomic E-state index is 12.3. The molecule has 1 aromatic carbocycles. The van der Waals surface area contributed by atoms with Gasteiger partial charge < -0.3 is 4.90 Å². The molecular weight excluding hydrogens is 306 g/mol. The van der Waals surface area contributed by atoms with Crippen LogP contribution in [0.25, 0.3) is 5.69 Å². The first-order valence-electron chi connectivity index (χ1n) is 8.01. The highest BCUT2D eigenvalue weighted by Crippen LogP contribution is 2.42. The lowest BCUT2D eigenvalue weighted by Crippen LogP contribution is -2.32. The van der Waals surface area contributed by atoms with Gasteiger partial charge in [0.25, 0.3) is 0 Å². The number of amides is 1. The molecule has 0 aliphatic carbocycles. The van der Waals surface area contributed by atoms with E-state index in [-0.39, 0.29) is 11.3 Å². The third-order valence-electron chi connectivity index (χ3n) is 4.12. The van der Waals surface area contributed by atoms with Crippen LogP contribution in [0.2, 0.25) is 0 Å². The molecule has 0 N–H and O–H groups in total. The fourth-order valence-electron chi connectivity index (χ4n) is 3.12. The highest BCUT2D eigenvalue weighted by Gasteiger charge is 2.36. The molecule has 1 saturated heterocycles. The normalized spacial score (nSPS) is 18.2. The third-order valence-corrected chi connectivity index (χ3v) is 5.34. The number of aromatic nitrogens is 2. The average Bonchev–Trinajstić information content (AvgIpc) is 3.00. The average molecular weight is 329 g/mol. The maximum Gasteiger partial charge on any atom is 0.233 e. The van der Waals surface area contributed by atoms with Crippen LogP contribution in [0.4, 0.5) is 0 Å². The number of nitrogens with zero attached hydrogens (tertiary/aromatic N) is 3. The van der Waals surface area contributed by atoms with E-state index < -0.39 is 0 Å². The van der Waals surface area contributed by atoms with Crippen LogP contribution in [0.15, 0.2) is 30.3 Å². The topological polar surface area (TPSA) is 38.1 Å². The van der Waals surface area contributed by atoms with E-state index >= 15 is 0 Å². The molecule has 0 spiro atoms. The van der Waals surface area contributed by atoms with Crippen LogP contribution in [-0.2, 0) is 4.79 Å². The minimum Gasteiger partial charge on any atom is -0.325 e. The number of para-hydroxylation sites is 1. The molecule has 1 aromatic heterocycles. The van der Waals surface area contributed by atoms with E-state index in [0.717, 1.165) is 23.6 Å². The third kappa shape index (κ3) is 3.02. The Morgan fingerprint density at radius 3 is 2.61 bits per heavy atom. The molecule has 0 radical (unpaired) electrons. The van der Waals surface area contributed by atoms with Crippen molar-refractivity contribution < 1.29 is 4.79 Å². The van der Waals surface area contributed by atoms with Gasteiger partial charge in [-0.25, -0.2) is 4.68 Å². The summed E-state index contributed by atoms with van der Waals surface area (Å²) in [7, 11) is 0. The van der Waals surface area contributed by atoms with Gasteiger partial charge in [0.15, 0.2) is 0 Å². The summed E-state index contributed by atoms with van der Waals surface area (Å²) in [6.45, 7) is 9.24. The van der Waals surface area contributed by atoms with Crippen molar-refractivity contribution in [3.05, 3.63) is 47.3 Å². The number of hydrogen-bond donors (Lipinski definition) is 0. The van der Waals surface area contributed by atoms with Crippen molar-refractivity contribution in [3.63, 3.8) is 0 Å². The van der Waals surface area contributed by atoms with E-state index in [2.05, 4.69) is 32.9 Å². The number of benzene rings is 1. The predicted octanol–water partition coefficient (Wildman–Crippen LogP) is 3.72. The molecule has 122 valence electrons. The smallest absolute Gasteiger partial charge is 0.233 e. The van der Waals surface area contributed by atoms with Gasteiger partial charge in [0.05, 0.1) is 17.1 Å². The standard InChI is InChI=1S/C18H23N3OS/c1-12(2)10-20-16(22)11-23-18(20)17-13(3)19-21(14(17)4)15-8-6-5-7-9-15/h5-9,12,18H,10-11H2,1-4H3. The van der Waals surface area contributed by atoms with Gasteiger partial charge in [-0.3, -0.25) is 4.79 Å². The van der Waals surface area contributed by atoms with E-state index in [4.69, 9.17) is 5.10 Å². The van der Waals surface area contributed by atoms with Gasteiger partial charge in [-0.2, -0.15) is 5.10 Å².